The lowest BCUT2D eigenvalue weighted by Gasteiger charge is -2.15. The molecule has 134 valence electrons. The lowest BCUT2D eigenvalue weighted by atomic mass is 10.1. The van der Waals surface area contributed by atoms with Crippen molar-refractivity contribution in [3.05, 3.63) is 58.6 Å². The number of nitrogens with one attached hydrogen (secondary N) is 1. The Bertz CT molecular complexity index is 673. The summed E-state index contributed by atoms with van der Waals surface area (Å²) in [5, 5.41) is 3.01. The Morgan fingerprint density at radius 3 is 2.36 bits per heavy atom. The minimum absolute atomic E-state index is 0.0137. The van der Waals surface area contributed by atoms with Gasteiger partial charge in [-0.2, -0.15) is 0 Å². The van der Waals surface area contributed by atoms with Gasteiger partial charge in [-0.1, -0.05) is 40.2 Å². The summed E-state index contributed by atoms with van der Waals surface area (Å²) in [5.74, 6) is 1.48. The second-order valence-corrected chi connectivity index (χ2v) is 6.59. The Morgan fingerprint density at radius 1 is 1.08 bits per heavy atom. The predicted molar refractivity (Wildman–Crippen MR) is 103 cm³/mol. The molecule has 4 nitrogen and oxygen atoms in total. The third-order valence-corrected chi connectivity index (χ3v) is 4.23. The molecule has 0 bridgehead atoms. The molecular weight excluding hydrogens is 382 g/mol. The molecule has 2 aromatic carbocycles. The molecular formula is C20H24BrNO3. The Kier molecular flexibility index (Phi) is 7.79. The van der Waals surface area contributed by atoms with Gasteiger partial charge in [0.05, 0.1) is 19.3 Å². The van der Waals surface area contributed by atoms with Gasteiger partial charge in [-0.15, -0.1) is 0 Å². The summed E-state index contributed by atoms with van der Waals surface area (Å²) in [5.41, 5.74) is 1.08. The molecule has 1 unspecified atom stereocenters. The van der Waals surface area contributed by atoms with Crippen molar-refractivity contribution >= 4 is 21.8 Å². The minimum Gasteiger partial charge on any atom is -0.490 e. The van der Waals surface area contributed by atoms with Crippen molar-refractivity contribution in [2.75, 3.05) is 13.2 Å². The van der Waals surface area contributed by atoms with Crippen LogP contribution in [0.3, 0.4) is 0 Å². The average molecular weight is 406 g/mol. The van der Waals surface area contributed by atoms with Gasteiger partial charge >= 0.3 is 0 Å². The van der Waals surface area contributed by atoms with Crippen LogP contribution in [-0.2, 0) is 4.79 Å². The zero-order chi connectivity index (χ0) is 18.1. The van der Waals surface area contributed by atoms with E-state index in [0.717, 1.165) is 15.8 Å². The predicted octanol–water partition coefficient (Wildman–Crippen LogP) is 4.88. The van der Waals surface area contributed by atoms with Crippen LogP contribution in [0.2, 0.25) is 0 Å². The number of hydrogen-bond acceptors (Lipinski definition) is 3. The lowest BCUT2D eigenvalue weighted by Crippen LogP contribution is -2.26. The van der Waals surface area contributed by atoms with Crippen LogP contribution in [0.5, 0.6) is 11.5 Å². The smallest absolute Gasteiger partial charge is 0.220 e. The Morgan fingerprint density at radius 2 is 1.72 bits per heavy atom. The highest BCUT2D eigenvalue weighted by atomic mass is 79.9. The molecule has 5 heteroatoms. The number of carbonyl (C=O) groups excluding carboxylic acids is 1. The lowest BCUT2D eigenvalue weighted by molar-refractivity contribution is -0.121. The zero-order valence-electron chi connectivity index (χ0n) is 14.6. The number of rotatable bonds is 9. The first kappa shape index (κ1) is 19.3. The summed E-state index contributed by atoms with van der Waals surface area (Å²) < 4.78 is 12.3. The standard InChI is InChI=1S/C20H24BrNO3/c1-3-24-18-7-4-5-8-19(18)25-14-6-9-20(23)22-15(2)16-10-12-17(21)13-11-16/h4-5,7-8,10-13,15H,3,6,9,14H2,1-2H3,(H,22,23). The summed E-state index contributed by atoms with van der Waals surface area (Å²) in [4.78, 5) is 12.1. The fourth-order valence-electron chi connectivity index (χ4n) is 2.41. The monoisotopic (exact) mass is 405 g/mol. The van der Waals surface area contributed by atoms with Gasteiger partial charge in [0.15, 0.2) is 11.5 Å². The van der Waals surface area contributed by atoms with E-state index < -0.39 is 0 Å². The van der Waals surface area contributed by atoms with E-state index >= 15 is 0 Å². The van der Waals surface area contributed by atoms with Crippen molar-refractivity contribution in [2.24, 2.45) is 0 Å². The molecule has 0 saturated heterocycles. The molecule has 1 N–H and O–H groups in total. The normalized spacial score (nSPS) is 11.6. The molecule has 2 rings (SSSR count). The van der Waals surface area contributed by atoms with Gasteiger partial charge in [0.1, 0.15) is 0 Å². The van der Waals surface area contributed by atoms with Gasteiger partial charge in [-0.3, -0.25) is 4.79 Å². The Balaban J connectivity index is 1.73. The van der Waals surface area contributed by atoms with Crippen molar-refractivity contribution in [2.45, 2.75) is 32.7 Å². The maximum Gasteiger partial charge on any atom is 0.220 e. The highest BCUT2D eigenvalue weighted by molar-refractivity contribution is 9.10. The molecule has 0 saturated carbocycles. The number of carbonyl (C=O) groups is 1. The van der Waals surface area contributed by atoms with E-state index in [9.17, 15) is 4.79 Å². The topological polar surface area (TPSA) is 47.6 Å². The first-order valence-corrected chi connectivity index (χ1v) is 9.29. The summed E-state index contributed by atoms with van der Waals surface area (Å²) in [7, 11) is 0. The second-order valence-electron chi connectivity index (χ2n) is 5.67. The van der Waals surface area contributed by atoms with Gasteiger partial charge in [-0.25, -0.2) is 0 Å². The average Bonchev–Trinajstić information content (AvgIpc) is 2.61. The van der Waals surface area contributed by atoms with Gasteiger partial charge in [-0.05, 0) is 50.1 Å². The molecule has 0 aromatic heterocycles. The van der Waals surface area contributed by atoms with E-state index in [4.69, 9.17) is 9.47 Å². The molecule has 1 atom stereocenters. The van der Waals surface area contributed by atoms with Crippen molar-refractivity contribution in [3.8, 4) is 11.5 Å². The van der Waals surface area contributed by atoms with Crippen LogP contribution in [0.1, 0.15) is 38.3 Å². The molecule has 1 amide bonds. The quantitative estimate of drug-likeness (QED) is 0.604. The number of halogens is 1. The SMILES string of the molecule is CCOc1ccccc1OCCCC(=O)NC(C)c1ccc(Br)cc1. The summed E-state index contributed by atoms with van der Waals surface area (Å²) in [6.45, 7) is 4.99. The summed E-state index contributed by atoms with van der Waals surface area (Å²) >= 11 is 3.41. The van der Waals surface area contributed by atoms with Gasteiger partial charge in [0, 0.05) is 10.9 Å². The zero-order valence-corrected chi connectivity index (χ0v) is 16.2. The third kappa shape index (κ3) is 6.42. The number of amides is 1. The molecule has 0 radical (unpaired) electrons. The number of hydrogen-bond donors (Lipinski definition) is 1. The van der Waals surface area contributed by atoms with Crippen molar-refractivity contribution in [1.29, 1.82) is 0 Å². The molecule has 0 aliphatic heterocycles. The molecule has 0 fully saturated rings. The largest absolute Gasteiger partial charge is 0.490 e. The maximum absolute atomic E-state index is 12.1. The fraction of sp³-hybridized carbons (Fsp3) is 0.350. The van der Waals surface area contributed by atoms with Gasteiger partial charge < -0.3 is 14.8 Å². The van der Waals surface area contributed by atoms with Gasteiger partial charge in [0.2, 0.25) is 5.91 Å². The number of para-hydroxylation sites is 2. The van der Waals surface area contributed by atoms with E-state index in [2.05, 4.69) is 21.2 Å². The highest BCUT2D eigenvalue weighted by Crippen LogP contribution is 2.26. The molecule has 0 aliphatic carbocycles. The molecule has 0 heterocycles. The Hall–Kier alpha value is -2.01. The molecule has 0 aliphatic rings. The molecule has 2 aromatic rings. The van der Waals surface area contributed by atoms with Crippen molar-refractivity contribution in [1.82, 2.24) is 5.32 Å². The van der Waals surface area contributed by atoms with Crippen LogP contribution in [0.25, 0.3) is 0 Å². The highest BCUT2D eigenvalue weighted by Gasteiger charge is 2.10. The number of benzene rings is 2. The third-order valence-electron chi connectivity index (χ3n) is 3.70. The van der Waals surface area contributed by atoms with E-state index in [1.54, 1.807) is 0 Å². The van der Waals surface area contributed by atoms with E-state index in [1.165, 1.54) is 0 Å². The van der Waals surface area contributed by atoms with Gasteiger partial charge in [0.25, 0.3) is 0 Å². The summed E-state index contributed by atoms with van der Waals surface area (Å²) in [6.07, 6.45) is 1.08. The van der Waals surface area contributed by atoms with Crippen LogP contribution >= 0.6 is 15.9 Å². The number of ether oxygens (including phenoxy) is 2. The Labute approximate surface area is 157 Å². The van der Waals surface area contributed by atoms with Crippen LogP contribution in [0.4, 0.5) is 0 Å². The summed E-state index contributed by atoms with van der Waals surface area (Å²) in [6, 6.07) is 15.5. The van der Waals surface area contributed by atoms with Crippen LogP contribution < -0.4 is 14.8 Å². The van der Waals surface area contributed by atoms with E-state index in [1.807, 2.05) is 62.4 Å². The van der Waals surface area contributed by atoms with Crippen molar-refractivity contribution in [3.63, 3.8) is 0 Å². The second kappa shape index (κ2) is 10.1. The van der Waals surface area contributed by atoms with Crippen molar-refractivity contribution < 1.29 is 14.3 Å². The fourth-order valence-corrected chi connectivity index (χ4v) is 2.67. The first-order chi connectivity index (χ1) is 12.1. The van der Waals surface area contributed by atoms with Crippen LogP contribution in [0.15, 0.2) is 53.0 Å². The van der Waals surface area contributed by atoms with E-state index in [-0.39, 0.29) is 11.9 Å². The maximum atomic E-state index is 12.1. The minimum atomic E-state index is -0.0137. The van der Waals surface area contributed by atoms with Crippen LogP contribution in [0, 0.1) is 0 Å². The first-order valence-electron chi connectivity index (χ1n) is 8.49. The van der Waals surface area contributed by atoms with Crippen LogP contribution in [-0.4, -0.2) is 19.1 Å². The van der Waals surface area contributed by atoms with E-state index in [0.29, 0.717) is 31.8 Å². The molecule has 0 spiro atoms. The molecule has 25 heavy (non-hydrogen) atoms.